The van der Waals surface area contributed by atoms with Crippen LogP contribution in [-0.4, -0.2) is 11.5 Å². The van der Waals surface area contributed by atoms with Gasteiger partial charge in [-0.05, 0) is 127 Å². The third-order valence-corrected chi connectivity index (χ3v) is 16.8. The third kappa shape index (κ3) is 7.72. The number of thiophene rings is 1. The number of para-hydroxylation sites is 2. The normalized spacial score (nSPS) is 16.5. The smallest absolute Gasteiger partial charge is 0.160 e. The van der Waals surface area contributed by atoms with Crippen LogP contribution in [-0.2, 0) is 12.0 Å². The summed E-state index contributed by atoms with van der Waals surface area (Å²) in [7, 11) is 0. The van der Waals surface area contributed by atoms with Crippen molar-refractivity contribution in [2.75, 3.05) is 4.90 Å². The molecular weight excluding hydrogens is 931 g/mol. The van der Waals surface area contributed by atoms with Gasteiger partial charge in [-0.1, -0.05) is 183 Å². The summed E-state index contributed by atoms with van der Waals surface area (Å²) < 4.78 is 9.17. The van der Waals surface area contributed by atoms with Gasteiger partial charge in [0, 0.05) is 70.7 Å². The van der Waals surface area contributed by atoms with Crippen LogP contribution in [0.25, 0.3) is 76.3 Å². The van der Waals surface area contributed by atoms with Crippen molar-refractivity contribution in [1.82, 2.24) is 0 Å². The van der Waals surface area contributed by atoms with Crippen molar-refractivity contribution in [1.29, 1.82) is 0 Å². The molecule has 2 unspecified atom stereocenters. The predicted octanol–water partition coefficient (Wildman–Crippen LogP) is 19.2. The molecule has 0 saturated heterocycles. The first-order valence-corrected chi connectivity index (χ1v) is 26.9. The molecule has 4 nitrogen and oxygen atoms in total. The lowest BCUT2D eigenvalue weighted by atomic mass is 9.73. The Morgan fingerprint density at radius 2 is 1.27 bits per heavy atom. The Morgan fingerprint density at radius 3 is 2.01 bits per heavy atom. The number of benzene rings is 9. The maximum atomic E-state index is 6.70. The van der Waals surface area contributed by atoms with E-state index in [2.05, 4.69) is 264 Å². The number of fused-ring (bicyclic) bond motifs is 10. The number of aryl methyl sites for hydroxylation is 2. The van der Waals surface area contributed by atoms with Crippen molar-refractivity contribution < 1.29 is 4.42 Å². The molecule has 0 spiro atoms. The molecule has 0 N–H and O–H groups in total. The van der Waals surface area contributed by atoms with Gasteiger partial charge in [0.2, 0.25) is 0 Å². The molecule has 0 saturated carbocycles. The van der Waals surface area contributed by atoms with Gasteiger partial charge in [0.05, 0.1) is 16.9 Å². The van der Waals surface area contributed by atoms with E-state index in [1.807, 2.05) is 11.3 Å². The average molecular weight is 986 g/mol. The number of furan rings is 1. The Kier molecular flexibility index (Phi) is 11.5. The van der Waals surface area contributed by atoms with Gasteiger partial charge in [-0.3, -0.25) is 0 Å². The van der Waals surface area contributed by atoms with Gasteiger partial charge in [0.1, 0.15) is 11.3 Å². The van der Waals surface area contributed by atoms with E-state index in [4.69, 9.17) is 14.4 Å². The van der Waals surface area contributed by atoms with Crippen LogP contribution in [0.1, 0.15) is 78.3 Å². The molecule has 0 fully saturated rings. The molecule has 0 bridgehead atoms. The van der Waals surface area contributed by atoms with Crippen LogP contribution in [0.5, 0.6) is 0 Å². The molecule has 2 aliphatic rings. The van der Waals surface area contributed by atoms with E-state index in [1.54, 1.807) is 0 Å². The van der Waals surface area contributed by atoms with Gasteiger partial charge in [0.15, 0.2) is 5.84 Å². The molecule has 13 rings (SSSR count). The fraction of sp³-hybridized carbons (Fsp3) is 0.114. The number of amidine groups is 1. The van der Waals surface area contributed by atoms with Crippen molar-refractivity contribution in [3.63, 3.8) is 0 Å². The van der Waals surface area contributed by atoms with Crippen LogP contribution in [0.15, 0.2) is 233 Å². The highest BCUT2D eigenvalue weighted by atomic mass is 32.1. The predicted molar refractivity (Wildman–Crippen MR) is 319 cm³/mol. The van der Waals surface area contributed by atoms with Gasteiger partial charge >= 0.3 is 0 Å². The first kappa shape index (κ1) is 46.2. The molecule has 2 atom stereocenters. The molecule has 2 aromatic heterocycles. The highest BCUT2D eigenvalue weighted by Gasteiger charge is 2.54. The molecule has 75 heavy (non-hydrogen) atoms. The standard InChI is InChI=1S/C70H55N3OS/c1-6-46-22-14-15-27-53(46)52-36-34-49(40-44(52)3)45(4)71-69(50-35-37-55-54-28-18-21-33-65(54)75-66(55)43-50)72-61(7-2)51-41-58(47-23-10-8-11-24-47)68(59(42-51)48-25-12-9-13-26-48)73-62-31-19-16-29-56(62)60-38-39-64-67(70(60,73)5)57-30-17-20-32-63(57)74-64/h7-43,60H,6H2,1-5H3/b61-7+,71-45?,72-69?. The zero-order valence-electron chi connectivity index (χ0n) is 42.8. The minimum absolute atomic E-state index is 0.0545. The number of anilines is 2. The molecule has 11 aromatic rings. The van der Waals surface area contributed by atoms with Gasteiger partial charge < -0.3 is 9.32 Å². The largest absolute Gasteiger partial charge is 0.456 e. The molecule has 5 heteroatoms. The zero-order chi connectivity index (χ0) is 50.8. The summed E-state index contributed by atoms with van der Waals surface area (Å²) in [4.78, 5) is 13.9. The highest BCUT2D eigenvalue weighted by molar-refractivity contribution is 7.25. The lowest BCUT2D eigenvalue weighted by Crippen LogP contribution is -2.42. The second-order valence-electron chi connectivity index (χ2n) is 20.0. The summed E-state index contributed by atoms with van der Waals surface area (Å²) in [6.45, 7) is 11.1. The SMILES string of the molecule is C/C=C(/N=C(N=C(C)c1ccc(-c2ccccc2CC)c(C)c1)c1ccc2c(c1)sc1ccccc12)c1cc(-c2ccccc2)c(N2c3ccccc3C3C=Cc4oc5ccccc5c4C32C)c(-c2ccccc2)c1. The lowest BCUT2D eigenvalue weighted by Gasteiger charge is -2.44. The van der Waals surface area contributed by atoms with Crippen LogP contribution in [0.4, 0.5) is 11.4 Å². The molecular formula is C70H55N3OS. The van der Waals surface area contributed by atoms with E-state index < -0.39 is 5.54 Å². The summed E-state index contributed by atoms with van der Waals surface area (Å²) in [5.74, 6) is 1.61. The Balaban J connectivity index is 1.03. The Hall–Kier alpha value is -8.64. The minimum Gasteiger partial charge on any atom is -0.456 e. The zero-order valence-corrected chi connectivity index (χ0v) is 43.6. The summed E-state index contributed by atoms with van der Waals surface area (Å²) in [5.41, 5.74) is 19.4. The fourth-order valence-corrected chi connectivity index (χ4v) is 13.2. The minimum atomic E-state index is -0.558. The number of hydrogen-bond donors (Lipinski definition) is 0. The van der Waals surface area contributed by atoms with Crippen LogP contribution in [0, 0.1) is 6.92 Å². The van der Waals surface area contributed by atoms with Crippen molar-refractivity contribution in [3.8, 4) is 33.4 Å². The number of nitrogens with zero attached hydrogens (tertiary/aromatic N) is 3. The Labute approximate surface area is 443 Å². The number of hydrogen-bond acceptors (Lipinski definition) is 4. The molecule has 3 heterocycles. The topological polar surface area (TPSA) is 41.1 Å². The van der Waals surface area contributed by atoms with E-state index in [1.165, 1.54) is 59.2 Å². The third-order valence-electron chi connectivity index (χ3n) is 15.7. The van der Waals surface area contributed by atoms with Crippen molar-refractivity contribution in [3.05, 3.63) is 263 Å². The average Bonchev–Trinajstić information content (AvgIpc) is 4.26. The van der Waals surface area contributed by atoms with E-state index in [0.29, 0.717) is 5.84 Å². The van der Waals surface area contributed by atoms with Gasteiger partial charge in [0.25, 0.3) is 0 Å². The summed E-state index contributed by atoms with van der Waals surface area (Å²) >= 11 is 1.81. The molecule has 1 aliphatic heterocycles. The highest BCUT2D eigenvalue weighted by Crippen LogP contribution is 2.63. The van der Waals surface area contributed by atoms with Crippen molar-refractivity contribution >= 4 is 77.2 Å². The quantitative estimate of drug-likeness (QED) is 0.107. The van der Waals surface area contributed by atoms with Crippen LogP contribution in [0.2, 0.25) is 0 Å². The molecule has 0 radical (unpaired) electrons. The lowest BCUT2D eigenvalue weighted by molar-refractivity contribution is 0.448. The van der Waals surface area contributed by atoms with Crippen LogP contribution in [0.3, 0.4) is 0 Å². The van der Waals surface area contributed by atoms with E-state index >= 15 is 0 Å². The molecule has 362 valence electrons. The second-order valence-corrected chi connectivity index (χ2v) is 21.1. The van der Waals surface area contributed by atoms with E-state index in [-0.39, 0.29) is 5.92 Å². The Bertz CT molecular complexity index is 4110. The van der Waals surface area contributed by atoms with Crippen molar-refractivity contribution in [2.45, 2.75) is 52.5 Å². The Morgan fingerprint density at radius 1 is 0.613 bits per heavy atom. The number of aliphatic imine (C=N–C) groups is 2. The van der Waals surface area contributed by atoms with Crippen LogP contribution < -0.4 is 4.90 Å². The molecule has 9 aromatic carbocycles. The molecule has 0 amide bonds. The summed E-state index contributed by atoms with van der Waals surface area (Å²) in [5, 5.41) is 3.64. The van der Waals surface area contributed by atoms with Gasteiger partial charge in [-0.25, -0.2) is 9.98 Å². The summed E-state index contributed by atoms with van der Waals surface area (Å²) in [6, 6.07) is 74.8. The number of rotatable bonds is 9. The monoisotopic (exact) mass is 985 g/mol. The van der Waals surface area contributed by atoms with Gasteiger partial charge in [-0.15, -0.1) is 11.3 Å². The second kappa shape index (κ2) is 18.7. The maximum Gasteiger partial charge on any atom is 0.160 e. The molecule has 1 aliphatic carbocycles. The first-order chi connectivity index (χ1) is 36.8. The number of allylic oxidation sites excluding steroid dienone is 1. The van der Waals surface area contributed by atoms with Gasteiger partial charge in [-0.2, -0.15) is 0 Å². The first-order valence-electron chi connectivity index (χ1n) is 26.1. The maximum absolute atomic E-state index is 6.70. The van der Waals surface area contributed by atoms with E-state index in [0.717, 1.165) is 79.2 Å². The van der Waals surface area contributed by atoms with E-state index in [9.17, 15) is 0 Å². The van der Waals surface area contributed by atoms with Crippen LogP contribution >= 0.6 is 11.3 Å². The fourth-order valence-electron chi connectivity index (χ4n) is 12.1. The summed E-state index contributed by atoms with van der Waals surface area (Å²) in [6.07, 6.45) is 7.67. The van der Waals surface area contributed by atoms with Crippen molar-refractivity contribution in [2.24, 2.45) is 9.98 Å².